The van der Waals surface area contributed by atoms with Crippen LogP contribution in [0, 0.1) is 0 Å². The van der Waals surface area contributed by atoms with Gasteiger partial charge < -0.3 is 10.6 Å². The molecule has 1 atom stereocenters. The maximum atomic E-state index is 12.7. The number of carbonyl (C=O) groups excluding carboxylic acids is 1. The summed E-state index contributed by atoms with van der Waals surface area (Å²) in [7, 11) is 0. The molecule has 0 spiro atoms. The van der Waals surface area contributed by atoms with Crippen molar-refractivity contribution in [1.82, 2.24) is 4.90 Å². The lowest BCUT2D eigenvalue weighted by atomic mass is 10.0. The summed E-state index contributed by atoms with van der Waals surface area (Å²) < 4.78 is 0. The largest absolute Gasteiger partial charge is 0.333 e. The van der Waals surface area contributed by atoms with Crippen molar-refractivity contribution in [3.63, 3.8) is 0 Å². The molecule has 26 heavy (non-hydrogen) atoms. The predicted octanol–water partition coefficient (Wildman–Crippen LogP) is 4.48. The second-order valence-electron chi connectivity index (χ2n) is 6.56. The van der Waals surface area contributed by atoms with Crippen molar-refractivity contribution in [3.05, 3.63) is 81.7 Å². The fourth-order valence-electron chi connectivity index (χ4n) is 3.36. The number of rotatable bonds is 4. The zero-order valence-electron chi connectivity index (χ0n) is 14.2. The lowest BCUT2D eigenvalue weighted by Gasteiger charge is -2.21. The first-order chi connectivity index (χ1) is 12.6. The molecule has 0 aliphatic carbocycles. The molecule has 0 bridgehead atoms. The first-order valence-corrected chi connectivity index (χ1v) is 9.81. The van der Waals surface area contributed by atoms with E-state index in [1.807, 2.05) is 46.7 Å². The fourth-order valence-corrected chi connectivity index (χ4v) is 4.34. The minimum atomic E-state index is -0.589. The van der Waals surface area contributed by atoms with Gasteiger partial charge in [0.25, 0.3) is 0 Å². The molecule has 0 saturated heterocycles. The van der Waals surface area contributed by atoms with Gasteiger partial charge in [-0.2, -0.15) is 0 Å². The number of benzene rings is 2. The molecule has 0 saturated carbocycles. The van der Waals surface area contributed by atoms with Gasteiger partial charge in [-0.3, -0.25) is 4.79 Å². The fraction of sp³-hybridized carbons (Fsp3) is 0.190. The van der Waals surface area contributed by atoms with Crippen LogP contribution in [0.4, 0.5) is 0 Å². The minimum absolute atomic E-state index is 0.0281. The van der Waals surface area contributed by atoms with E-state index in [4.69, 9.17) is 17.3 Å². The van der Waals surface area contributed by atoms with E-state index in [9.17, 15) is 4.79 Å². The van der Waals surface area contributed by atoms with Crippen LogP contribution in [-0.4, -0.2) is 16.8 Å². The molecule has 4 rings (SSSR count). The lowest BCUT2D eigenvalue weighted by molar-refractivity contribution is -0.133. The van der Waals surface area contributed by atoms with Gasteiger partial charge in [0.15, 0.2) is 0 Å². The summed E-state index contributed by atoms with van der Waals surface area (Å²) >= 11 is 8.13. The highest BCUT2D eigenvalue weighted by Crippen LogP contribution is 2.30. The Morgan fingerprint density at radius 1 is 1.12 bits per heavy atom. The first-order valence-electron chi connectivity index (χ1n) is 8.55. The molecule has 1 unspecified atom stereocenters. The predicted molar refractivity (Wildman–Crippen MR) is 107 cm³/mol. The van der Waals surface area contributed by atoms with Gasteiger partial charge in [0.1, 0.15) is 0 Å². The zero-order valence-corrected chi connectivity index (χ0v) is 15.8. The van der Waals surface area contributed by atoms with E-state index in [1.165, 1.54) is 16.0 Å². The summed E-state index contributed by atoms with van der Waals surface area (Å²) in [5, 5.41) is 2.70. The third-order valence-electron chi connectivity index (χ3n) is 4.77. The molecule has 2 N–H and O–H groups in total. The van der Waals surface area contributed by atoms with E-state index in [0.717, 1.165) is 11.1 Å². The molecule has 0 fully saturated rings. The second kappa shape index (κ2) is 7.23. The van der Waals surface area contributed by atoms with Crippen molar-refractivity contribution in [3.8, 4) is 10.4 Å². The number of nitrogens with zero attached hydrogens (tertiary/aromatic N) is 1. The van der Waals surface area contributed by atoms with Gasteiger partial charge in [-0.15, -0.1) is 11.3 Å². The highest BCUT2D eigenvalue weighted by Gasteiger charge is 2.27. The van der Waals surface area contributed by atoms with Gasteiger partial charge in [-0.1, -0.05) is 54.1 Å². The highest BCUT2D eigenvalue weighted by atomic mass is 35.5. The molecule has 3 aromatic rings. The van der Waals surface area contributed by atoms with Crippen LogP contribution in [0.2, 0.25) is 5.02 Å². The van der Waals surface area contributed by atoms with Crippen molar-refractivity contribution in [1.29, 1.82) is 0 Å². The Kier molecular flexibility index (Phi) is 4.81. The number of thiophene rings is 1. The molecular weight excluding hydrogens is 364 g/mol. The van der Waals surface area contributed by atoms with Gasteiger partial charge in [0, 0.05) is 23.0 Å². The maximum Gasteiger partial charge on any atom is 0.240 e. The number of nitrogens with two attached hydrogens (primary N) is 1. The van der Waals surface area contributed by atoms with Gasteiger partial charge >= 0.3 is 0 Å². The summed E-state index contributed by atoms with van der Waals surface area (Å²) in [6.07, 6.45) is 0.440. The van der Waals surface area contributed by atoms with Gasteiger partial charge in [-0.05, 0) is 46.2 Å². The topological polar surface area (TPSA) is 46.3 Å². The Labute approximate surface area is 162 Å². The van der Waals surface area contributed by atoms with E-state index >= 15 is 0 Å². The summed E-state index contributed by atoms with van der Waals surface area (Å²) in [6, 6.07) is 17.6. The smallest absolute Gasteiger partial charge is 0.240 e. The van der Waals surface area contributed by atoms with Crippen molar-refractivity contribution < 1.29 is 4.79 Å². The van der Waals surface area contributed by atoms with Crippen molar-refractivity contribution in [2.75, 3.05) is 0 Å². The number of hydrogen-bond acceptors (Lipinski definition) is 3. The zero-order chi connectivity index (χ0) is 18.1. The number of hydrogen-bond donors (Lipinski definition) is 1. The molecule has 1 aromatic heterocycles. The number of fused-ring (bicyclic) bond motifs is 1. The Bertz CT molecular complexity index is 914. The maximum absolute atomic E-state index is 12.7. The van der Waals surface area contributed by atoms with Crippen molar-refractivity contribution in [2.24, 2.45) is 5.73 Å². The summed E-state index contributed by atoms with van der Waals surface area (Å²) in [6.45, 7) is 1.27. The molecule has 2 aromatic carbocycles. The number of carbonyl (C=O) groups is 1. The normalized spacial score (nSPS) is 14.3. The summed E-state index contributed by atoms with van der Waals surface area (Å²) in [5.74, 6) is -0.0281. The molecule has 0 radical (unpaired) electrons. The van der Waals surface area contributed by atoms with E-state index in [2.05, 4.69) is 18.2 Å². The molecule has 1 aliphatic heterocycles. The van der Waals surface area contributed by atoms with Crippen LogP contribution in [-0.2, 0) is 24.3 Å². The highest BCUT2D eigenvalue weighted by molar-refractivity contribution is 7.13. The average Bonchev–Trinajstić information content (AvgIpc) is 3.32. The Morgan fingerprint density at radius 3 is 2.46 bits per heavy atom. The first kappa shape index (κ1) is 17.3. The van der Waals surface area contributed by atoms with E-state index in [0.29, 0.717) is 24.5 Å². The number of amides is 1. The molecule has 132 valence electrons. The molecule has 2 heterocycles. The van der Waals surface area contributed by atoms with E-state index in [1.54, 1.807) is 11.3 Å². The van der Waals surface area contributed by atoms with Crippen LogP contribution in [0.1, 0.15) is 16.7 Å². The molecule has 1 amide bonds. The van der Waals surface area contributed by atoms with E-state index < -0.39 is 6.04 Å². The SMILES string of the molecule is NC(Cc1ccc(-c2cccs2)cc1Cl)C(=O)N1Cc2ccccc2C1. The quantitative estimate of drug-likeness (QED) is 0.723. The minimum Gasteiger partial charge on any atom is -0.333 e. The molecule has 1 aliphatic rings. The van der Waals surface area contributed by atoms with Crippen LogP contribution in [0.15, 0.2) is 60.0 Å². The van der Waals surface area contributed by atoms with E-state index in [-0.39, 0.29) is 5.91 Å². The third kappa shape index (κ3) is 3.40. The average molecular weight is 383 g/mol. The lowest BCUT2D eigenvalue weighted by Crippen LogP contribution is -2.42. The van der Waals surface area contributed by atoms with Gasteiger partial charge in [-0.25, -0.2) is 0 Å². The Morgan fingerprint density at radius 2 is 1.85 bits per heavy atom. The third-order valence-corrected chi connectivity index (χ3v) is 6.04. The number of halogens is 1. The van der Waals surface area contributed by atoms with Crippen molar-refractivity contribution >= 4 is 28.8 Å². The van der Waals surface area contributed by atoms with Crippen LogP contribution in [0.3, 0.4) is 0 Å². The summed E-state index contributed by atoms with van der Waals surface area (Å²) in [5.41, 5.74) is 10.6. The molecule has 5 heteroatoms. The van der Waals surface area contributed by atoms with Crippen LogP contribution in [0.5, 0.6) is 0 Å². The molecular formula is C21H19ClN2OS. The van der Waals surface area contributed by atoms with Crippen LogP contribution in [0.25, 0.3) is 10.4 Å². The summed E-state index contributed by atoms with van der Waals surface area (Å²) in [4.78, 5) is 15.7. The van der Waals surface area contributed by atoms with Gasteiger partial charge in [0.2, 0.25) is 5.91 Å². The monoisotopic (exact) mass is 382 g/mol. The Balaban J connectivity index is 1.45. The van der Waals surface area contributed by atoms with Crippen molar-refractivity contribution in [2.45, 2.75) is 25.6 Å². The molecule has 3 nitrogen and oxygen atoms in total. The second-order valence-corrected chi connectivity index (χ2v) is 7.91. The van der Waals surface area contributed by atoms with Crippen LogP contribution >= 0.6 is 22.9 Å². The van der Waals surface area contributed by atoms with Crippen LogP contribution < -0.4 is 5.73 Å². The standard InChI is InChI=1S/C21H19ClN2OS/c22-18-10-15(20-6-3-9-26-20)8-7-14(18)11-19(23)21(25)24-12-16-4-1-2-5-17(16)13-24/h1-10,19H,11-13,23H2. The van der Waals surface area contributed by atoms with Gasteiger partial charge in [0.05, 0.1) is 6.04 Å². The Hall–Kier alpha value is -2.14.